The highest BCUT2D eigenvalue weighted by Gasteiger charge is 2.29. The second kappa shape index (κ2) is 6.45. The summed E-state index contributed by atoms with van der Waals surface area (Å²) >= 11 is 0. The van der Waals surface area contributed by atoms with E-state index < -0.39 is 31.1 Å². The van der Waals surface area contributed by atoms with Gasteiger partial charge in [0.1, 0.15) is 5.60 Å². The second-order valence-electron chi connectivity index (χ2n) is 5.19. The number of nitrogens with zero attached hydrogens (tertiary/aromatic N) is 1. The third kappa shape index (κ3) is 3.92. The van der Waals surface area contributed by atoms with Crippen LogP contribution in [0.4, 0.5) is 5.69 Å². The van der Waals surface area contributed by atoms with Gasteiger partial charge in [0.05, 0.1) is 4.92 Å². The van der Waals surface area contributed by atoms with Crippen LogP contribution in [-0.2, 0) is 15.6 Å². The zero-order valence-electron chi connectivity index (χ0n) is 12.3. The predicted molar refractivity (Wildman–Crippen MR) is 84.3 cm³/mol. The molecule has 2 N–H and O–H groups in total. The zero-order valence-corrected chi connectivity index (χ0v) is 13.2. The summed E-state index contributed by atoms with van der Waals surface area (Å²) in [6.45, 7) is 1.15. The number of sulfonamides is 1. The molecule has 0 heterocycles. The smallest absolute Gasteiger partial charge is 0.289 e. The van der Waals surface area contributed by atoms with Crippen LogP contribution < -0.4 is 4.72 Å². The molecule has 0 spiro atoms. The zero-order chi connectivity index (χ0) is 17.1. The number of nitrogens with one attached hydrogen (secondary N) is 1. The van der Waals surface area contributed by atoms with Crippen LogP contribution in [0.1, 0.15) is 12.5 Å². The van der Waals surface area contributed by atoms with Gasteiger partial charge in [0.2, 0.25) is 10.0 Å². The molecule has 0 fully saturated rings. The molecule has 2 rings (SSSR count). The molecular formula is C15H16N2O5S. The number of benzene rings is 2. The van der Waals surface area contributed by atoms with Crippen molar-refractivity contribution >= 4 is 15.7 Å². The minimum Gasteiger partial charge on any atom is -0.384 e. The summed E-state index contributed by atoms with van der Waals surface area (Å²) in [5.74, 6) is 0. The fourth-order valence-corrected chi connectivity index (χ4v) is 3.35. The third-order valence-electron chi connectivity index (χ3n) is 3.35. The first-order valence-electron chi connectivity index (χ1n) is 6.75. The van der Waals surface area contributed by atoms with E-state index in [4.69, 9.17) is 0 Å². The molecule has 1 unspecified atom stereocenters. The molecule has 0 aromatic heterocycles. The first kappa shape index (κ1) is 17.1. The molecule has 0 aliphatic carbocycles. The Morgan fingerprint density at radius 1 is 1.13 bits per heavy atom. The average Bonchev–Trinajstić information content (AvgIpc) is 2.54. The van der Waals surface area contributed by atoms with E-state index in [0.29, 0.717) is 5.56 Å². The van der Waals surface area contributed by atoms with Crippen molar-refractivity contribution in [1.82, 2.24) is 4.72 Å². The van der Waals surface area contributed by atoms with Gasteiger partial charge in [-0.15, -0.1) is 0 Å². The first-order valence-corrected chi connectivity index (χ1v) is 8.23. The van der Waals surface area contributed by atoms with Crippen LogP contribution in [-0.4, -0.2) is 25.0 Å². The Balaban J connectivity index is 2.25. The lowest BCUT2D eigenvalue weighted by Crippen LogP contribution is -2.38. The van der Waals surface area contributed by atoms with Crippen LogP contribution in [0.2, 0.25) is 0 Å². The van der Waals surface area contributed by atoms with Crippen molar-refractivity contribution in [2.24, 2.45) is 0 Å². The van der Waals surface area contributed by atoms with Crippen LogP contribution in [0.15, 0.2) is 59.5 Å². The first-order chi connectivity index (χ1) is 10.7. The van der Waals surface area contributed by atoms with Gasteiger partial charge in [-0.2, -0.15) is 0 Å². The fraction of sp³-hybridized carbons (Fsp3) is 0.200. The lowest BCUT2D eigenvalue weighted by atomic mass is 9.97. The number of hydrogen-bond acceptors (Lipinski definition) is 5. The van der Waals surface area contributed by atoms with Crippen molar-refractivity contribution in [2.75, 3.05) is 6.54 Å². The van der Waals surface area contributed by atoms with E-state index in [2.05, 4.69) is 4.72 Å². The summed E-state index contributed by atoms with van der Waals surface area (Å²) < 4.78 is 26.8. The van der Waals surface area contributed by atoms with Crippen LogP contribution in [0, 0.1) is 10.1 Å². The monoisotopic (exact) mass is 336 g/mol. The highest BCUT2D eigenvalue weighted by Crippen LogP contribution is 2.24. The number of nitro benzene ring substituents is 1. The maximum atomic E-state index is 12.3. The minimum absolute atomic E-state index is 0.314. The highest BCUT2D eigenvalue weighted by atomic mass is 32.2. The Hall–Kier alpha value is -2.29. The van der Waals surface area contributed by atoms with E-state index in [1.165, 1.54) is 19.1 Å². The fourth-order valence-electron chi connectivity index (χ4n) is 2.05. The van der Waals surface area contributed by atoms with Crippen molar-refractivity contribution in [3.8, 4) is 0 Å². The topological polar surface area (TPSA) is 110 Å². The molecule has 0 bridgehead atoms. The van der Waals surface area contributed by atoms with Crippen molar-refractivity contribution < 1.29 is 18.4 Å². The Labute approximate surface area is 133 Å². The molecule has 2 aromatic carbocycles. The Morgan fingerprint density at radius 2 is 1.70 bits per heavy atom. The van der Waals surface area contributed by atoms with E-state index in [1.807, 2.05) is 0 Å². The van der Waals surface area contributed by atoms with Gasteiger partial charge in [0.15, 0.2) is 4.90 Å². The number of nitro groups is 1. The number of rotatable bonds is 6. The molecule has 8 heteroatoms. The number of aliphatic hydroxyl groups is 1. The van der Waals surface area contributed by atoms with Gasteiger partial charge in [0.25, 0.3) is 5.69 Å². The molecule has 0 aliphatic heterocycles. The van der Waals surface area contributed by atoms with Gasteiger partial charge in [-0.05, 0) is 18.6 Å². The second-order valence-corrected chi connectivity index (χ2v) is 6.92. The van der Waals surface area contributed by atoms with Gasteiger partial charge in [0, 0.05) is 12.6 Å². The molecule has 0 aliphatic rings. The molecule has 0 saturated heterocycles. The van der Waals surface area contributed by atoms with Gasteiger partial charge in [-0.25, -0.2) is 13.1 Å². The standard InChI is InChI=1S/C15H16N2O5S/c1-15(18,12-7-3-2-4-8-12)11-16-23(21,22)14-10-6-5-9-13(14)17(19)20/h2-10,16,18H,11H2,1H3. The van der Waals surface area contributed by atoms with E-state index in [-0.39, 0.29) is 6.54 Å². The molecule has 122 valence electrons. The highest BCUT2D eigenvalue weighted by molar-refractivity contribution is 7.89. The van der Waals surface area contributed by atoms with Crippen LogP contribution in [0.25, 0.3) is 0 Å². The van der Waals surface area contributed by atoms with Crippen molar-refractivity contribution in [3.63, 3.8) is 0 Å². The summed E-state index contributed by atoms with van der Waals surface area (Å²) in [6, 6.07) is 13.6. The third-order valence-corrected chi connectivity index (χ3v) is 4.80. The lowest BCUT2D eigenvalue weighted by molar-refractivity contribution is -0.387. The molecule has 0 radical (unpaired) electrons. The predicted octanol–water partition coefficient (Wildman–Crippen LogP) is 1.78. The summed E-state index contributed by atoms with van der Waals surface area (Å²) in [5, 5.41) is 21.4. The Bertz CT molecular complexity index is 804. The Morgan fingerprint density at radius 3 is 2.30 bits per heavy atom. The van der Waals surface area contributed by atoms with E-state index in [0.717, 1.165) is 12.1 Å². The van der Waals surface area contributed by atoms with Crippen molar-refractivity contribution in [1.29, 1.82) is 0 Å². The summed E-state index contributed by atoms with van der Waals surface area (Å²) in [7, 11) is -4.13. The molecule has 2 aromatic rings. The quantitative estimate of drug-likeness (QED) is 0.617. The van der Waals surface area contributed by atoms with Gasteiger partial charge < -0.3 is 5.11 Å². The summed E-state index contributed by atoms with van der Waals surface area (Å²) in [4.78, 5) is 9.76. The number of hydrogen-bond donors (Lipinski definition) is 2. The van der Waals surface area contributed by atoms with E-state index in [9.17, 15) is 23.6 Å². The summed E-state index contributed by atoms with van der Waals surface area (Å²) in [6.07, 6.45) is 0. The molecule has 1 atom stereocenters. The van der Waals surface area contributed by atoms with Crippen LogP contribution in [0.5, 0.6) is 0 Å². The number of para-hydroxylation sites is 1. The van der Waals surface area contributed by atoms with Gasteiger partial charge >= 0.3 is 0 Å². The maximum Gasteiger partial charge on any atom is 0.289 e. The molecule has 0 amide bonds. The van der Waals surface area contributed by atoms with Gasteiger partial charge in [-0.3, -0.25) is 10.1 Å². The Kier molecular flexibility index (Phi) is 4.79. The minimum atomic E-state index is -4.13. The lowest BCUT2D eigenvalue weighted by Gasteiger charge is -2.24. The molecule has 7 nitrogen and oxygen atoms in total. The SMILES string of the molecule is CC(O)(CNS(=O)(=O)c1ccccc1[N+](=O)[O-])c1ccccc1. The normalized spacial score (nSPS) is 14.2. The molecular weight excluding hydrogens is 320 g/mol. The average molecular weight is 336 g/mol. The molecule has 0 saturated carbocycles. The van der Waals surface area contributed by atoms with Crippen LogP contribution in [0.3, 0.4) is 0 Å². The van der Waals surface area contributed by atoms with Gasteiger partial charge in [-0.1, -0.05) is 42.5 Å². The van der Waals surface area contributed by atoms with E-state index in [1.54, 1.807) is 30.3 Å². The van der Waals surface area contributed by atoms with Crippen molar-refractivity contribution in [2.45, 2.75) is 17.4 Å². The molecule has 23 heavy (non-hydrogen) atoms. The van der Waals surface area contributed by atoms with Crippen LogP contribution >= 0.6 is 0 Å². The van der Waals surface area contributed by atoms with E-state index >= 15 is 0 Å². The maximum absolute atomic E-state index is 12.3. The van der Waals surface area contributed by atoms with Crippen molar-refractivity contribution in [3.05, 3.63) is 70.3 Å². The summed E-state index contributed by atoms with van der Waals surface area (Å²) in [5.41, 5.74) is -1.43. The largest absolute Gasteiger partial charge is 0.384 e.